The number of hydrogen-bond acceptors (Lipinski definition) is 2. The highest BCUT2D eigenvalue weighted by Crippen LogP contribution is 2.54. The first-order valence-corrected chi connectivity index (χ1v) is 20.2. The van der Waals surface area contributed by atoms with Crippen molar-refractivity contribution in [3.63, 3.8) is 0 Å². The van der Waals surface area contributed by atoms with Crippen LogP contribution in [0.1, 0.15) is 51.3 Å². The Balaban J connectivity index is 1.33. The molecule has 1 aromatic heterocycles. The average molecular weight is 726 g/mol. The molecule has 1 aliphatic carbocycles. The molecule has 9 aromatic rings. The van der Waals surface area contributed by atoms with Crippen LogP contribution in [0.25, 0.3) is 64.3 Å². The molecule has 0 spiro atoms. The molecule has 0 N–H and O–H groups in total. The van der Waals surface area contributed by atoms with Gasteiger partial charge in [-0.3, -0.25) is 0 Å². The van der Waals surface area contributed by atoms with Crippen LogP contribution >= 0.6 is 11.3 Å². The normalized spacial score (nSPS) is 13.3. The highest BCUT2D eigenvalue weighted by atomic mass is 32.1. The number of anilines is 3. The van der Waals surface area contributed by atoms with Crippen LogP contribution in [0, 0.1) is 0 Å². The summed E-state index contributed by atoms with van der Waals surface area (Å²) in [5, 5.41) is 5.09. The van der Waals surface area contributed by atoms with E-state index in [4.69, 9.17) is 0 Å². The fourth-order valence-electron chi connectivity index (χ4n) is 8.98. The first kappa shape index (κ1) is 33.6. The smallest absolute Gasteiger partial charge is 0.0547 e. The van der Waals surface area contributed by atoms with Gasteiger partial charge in [-0.25, -0.2) is 0 Å². The van der Waals surface area contributed by atoms with Gasteiger partial charge in [-0.2, -0.15) is 0 Å². The fourth-order valence-corrected chi connectivity index (χ4v) is 10.2. The Morgan fingerprint density at radius 1 is 0.491 bits per heavy atom. The third-order valence-electron chi connectivity index (χ3n) is 11.8. The molecule has 0 radical (unpaired) electrons. The van der Waals surface area contributed by atoms with Crippen LogP contribution in [0.3, 0.4) is 0 Å². The molecule has 1 heterocycles. The fraction of sp³-hybridized carbons (Fsp3) is 0.132. The van der Waals surface area contributed by atoms with Gasteiger partial charge >= 0.3 is 0 Å². The Bertz CT molecular complexity index is 2940. The minimum absolute atomic E-state index is 0.0132. The molecule has 2 heteroatoms. The van der Waals surface area contributed by atoms with Gasteiger partial charge in [0.25, 0.3) is 0 Å². The van der Waals surface area contributed by atoms with E-state index in [1.807, 2.05) is 11.3 Å². The minimum Gasteiger partial charge on any atom is -0.309 e. The maximum atomic E-state index is 2.55. The number of hydrogen-bond donors (Lipinski definition) is 0. The molecule has 0 unspecified atom stereocenters. The highest BCUT2D eigenvalue weighted by molar-refractivity contribution is 7.26. The summed E-state index contributed by atoms with van der Waals surface area (Å²) in [7, 11) is 0. The van der Waals surface area contributed by atoms with E-state index >= 15 is 0 Å². The summed E-state index contributed by atoms with van der Waals surface area (Å²) in [6.45, 7) is 11.6. The average Bonchev–Trinajstić information content (AvgIpc) is 3.70. The molecule has 10 rings (SSSR count). The van der Waals surface area contributed by atoms with E-state index < -0.39 is 0 Å². The molecular formula is C53H43NS. The van der Waals surface area contributed by atoms with Gasteiger partial charge in [0.15, 0.2) is 0 Å². The van der Waals surface area contributed by atoms with Crippen molar-refractivity contribution >= 4 is 59.3 Å². The zero-order chi connectivity index (χ0) is 37.5. The van der Waals surface area contributed by atoms with Gasteiger partial charge in [0.1, 0.15) is 0 Å². The van der Waals surface area contributed by atoms with E-state index in [9.17, 15) is 0 Å². The number of nitrogens with zero attached hydrogens (tertiary/aromatic N) is 1. The molecular weight excluding hydrogens is 683 g/mol. The number of benzene rings is 8. The summed E-state index contributed by atoms with van der Waals surface area (Å²) in [4.78, 5) is 2.55. The molecule has 0 fully saturated rings. The zero-order valence-corrected chi connectivity index (χ0v) is 32.8. The molecule has 0 atom stereocenters. The van der Waals surface area contributed by atoms with Crippen LogP contribution in [0.2, 0.25) is 0 Å². The van der Waals surface area contributed by atoms with Crippen LogP contribution in [0.15, 0.2) is 170 Å². The third-order valence-corrected chi connectivity index (χ3v) is 13.1. The van der Waals surface area contributed by atoms with Crippen molar-refractivity contribution in [2.75, 3.05) is 4.90 Å². The van der Waals surface area contributed by atoms with Gasteiger partial charge in [0.05, 0.1) is 11.4 Å². The van der Waals surface area contributed by atoms with Gasteiger partial charge in [-0.15, -0.1) is 11.3 Å². The second-order valence-corrected chi connectivity index (χ2v) is 17.6. The molecule has 1 nitrogen and oxygen atoms in total. The lowest BCUT2D eigenvalue weighted by molar-refractivity contribution is 0.590. The predicted molar refractivity (Wildman–Crippen MR) is 239 cm³/mol. The van der Waals surface area contributed by atoms with Crippen molar-refractivity contribution in [1.82, 2.24) is 0 Å². The van der Waals surface area contributed by atoms with Gasteiger partial charge in [0.2, 0.25) is 0 Å². The molecule has 1 aliphatic rings. The van der Waals surface area contributed by atoms with Crippen LogP contribution in [-0.2, 0) is 10.8 Å². The maximum absolute atomic E-state index is 2.55. The molecule has 0 amide bonds. The Kier molecular flexibility index (Phi) is 7.67. The molecule has 266 valence electrons. The summed E-state index contributed by atoms with van der Waals surface area (Å²) in [6, 6.07) is 63.5. The molecule has 0 bridgehead atoms. The standard InChI is InChI=1S/C53H43NS/c1-52(2,3)36-27-31-47(43(32-36)34-16-7-6-8-17-34)54(37-28-29-46-44(33-37)39-20-11-13-24-45(39)53(46,4)5)48-30-26-35-18-9-10-19-38(35)50(48)42-23-15-22-41-40-21-12-14-25-49(40)55-51(41)42/h6-33H,1-5H3. The van der Waals surface area contributed by atoms with Crippen molar-refractivity contribution < 1.29 is 0 Å². The number of fused-ring (bicyclic) bond motifs is 7. The monoisotopic (exact) mass is 725 g/mol. The van der Waals surface area contributed by atoms with E-state index in [1.54, 1.807) is 0 Å². The van der Waals surface area contributed by atoms with Crippen molar-refractivity contribution in [3.8, 4) is 33.4 Å². The molecule has 0 saturated heterocycles. The summed E-state index contributed by atoms with van der Waals surface area (Å²) in [5.74, 6) is 0. The molecule has 0 aliphatic heterocycles. The molecule has 55 heavy (non-hydrogen) atoms. The van der Waals surface area contributed by atoms with Crippen molar-refractivity contribution in [3.05, 3.63) is 187 Å². The molecule has 0 saturated carbocycles. The Morgan fingerprint density at radius 2 is 1.16 bits per heavy atom. The summed E-state index contributed by atoms with van der Waals surface area (Å²) in [6.07, 6.45) is 0. The Hall–Kier alpha value is -5.96. The van der Waals surface area contributed by atoms with E-state index in [0.29, 0.717) is 0 Å². The van der Waals surface area contributed by atoms with Crippen LogP contribution in [-0.4, -0.2) is 0 Å². The SMILES string of the molecule is CC(C)(C)c1ccc(N(c2ccc3c(c2)-c2ccccc2C3(C)C)c2ccc3ccccc3c2-c2cccc3c2sc2ccccc23)c(-c2ccccc2)c1. The lowest BCUT2D eigenvalue weighted by Gasteiger charge is -2.32. The third kappa shape index (κ3) is 5.34. The lowest BCUT2D eigenvalue weighted by Crippen LogP contribution is -2.17. The largest absolute Gasteiger partial charge is 0.309 e. The van der Waals surface area contributed by atoms with Gasteiger partial charge in [-0.1, -0.05) is 168 Å². The van der Waals surface area contributed by atoms with Gasteiger partial charge < -0.3 is 4.90 Å². The number of thiophene rings is 1. The van der Waals surface area contributed by atoms with Gasteiger partial charge in [0, 0.05) is 48.0 Å². The Labute approximate surface area is 328 Å². The second-order valence-electron chi connectivity index (χ2n) is 16.5. The quantitative estimate of drug-likeness (QED) is 0.171. The van der Waals surface area contributed by atoms with Gasteiger partial charge in [-0.05, 0) is 86.0 Å². The van der Waals surface area contributed by atoms with Crippen molar-refractivity contribution in [2.45, 2.75) is 45.4 Å². The summed E-state index contributed by atoms with van der Waals surface area (Å²) >= 11 is 1.90. The van der Waals surface area contributed by atoms with E-state index in [-0.39, 0.29) is 10.8 Å². The number of rotatable bonds is 5. The topological polar surface area (TPSA) is 3.24 Å². The van der Waals surface area contributed by atoms with E-state index in [0.717, 1.165) is 17.1 Å². The van der Waals surface area contributed by atoms with Crippen LogP contribution in [0.4, 0.5) is 17.1 Å². The second kappa shape index (κ2) is 12.5. The zero-order valence-electron chi connectivity index (χ0n) is 32.0. The van der Waals surface area contributed by atoms with Crippen LogP contribution in [0.5, 0.6) is 0 Å². The van der Waals surface area contributed by atoms with Crippen molar-refractivity contribution in [2.24, 2.45) is 0 Å². The maximum Gasteiger partial charge on any atom is 0.0547 e. The van der Waals surface area contributed by atoms with E-state index in [2.05, 4.69) is 209 Å². The summed E-state index contributed by atoms with van der Waals surface area (Å²) < 4.78 is 2.63. The predicted octanol–water partition coefficient (Wildman–Crippen LogP) is 15.6. The Morgan fingerprint density at radius 3 is 2.00 bits per heavy atom. The molecule has 8 aromatic carbocycles. The lowest BCUT2D eigenvalue weighted by atomic mass is 9.82. The van der Waals surface area contributed by atoms with Crippen LogP contribution < -0.4 is 4.90 Å². The first-order valence-electron chi connectivity index (χ1n) is 19.4. The van der Waals surface area contributed by atoms with Crippen molar-refractivity contribution in [1.29, 1.82) is 0 Å². The summed E-state index contributed by atoms with van der Waals surface area (Å²) in [5.41, 5.74) is 15.0. The minimum atomic E-state index is -0.0796. The van der Waals surface area contributed by atoms with E-state index in [1.165, 1.54) is 81.0 Å². The highest BCUT2D eigenvalue weighted by Gasteiger charge is 2.36. The first-order chi connectivity index (χ1) is 26.7.